The average Bonchev–Trinajstić information content (AvgIpc) is 2.89. The van der Waals surface area contributed by atoms with Gasteiger partial charge >= 0.3 is 0 Å². The summed E-state index contributed by atoms with van der Waals surface area (Å²) in [5, 5.41) is 5.23. The van der Waals surface area contributed by atoms with E-state index in [0.717, 1.165) is 0 Å². The highest BCUT2D eigenvalue weighted by atomic mass is 32.2. The number of rotatable bonds is 3. The summed E-state index contributed by atoms with van der Waals surface area (Å²) in [6.07, 6.45) is 4.35. The quantitative estimate of drug-likeness (QED) is 0.153. The van der Waals surface area contributed by atoms with E-state index in [1.54, 1.807) is 0 Å². The lowest BCUT2D eigenvalue weighted by molar-refractivity contribution is -0.618. The molecule has 166 valence electrons. The Balaban J connectivity index is 1.62. The van der Waals surface area contributed by atoms with Crippen LogP contribution >= 0.6 is 23.5 Å². The molecule has 0 saturated carbocycles. The fraction of sp³-hybridized carbons (Fsp3) is 0.133. The minimum atomic E-state index is 1.24. The third-order valence-electron chi connectivity index (χ3n) is 6.97. The van der Waals surface area contributed by atoms with Gasteiger partial charge in [0.1, 0.15) is 14.1 Å². The van der Waals surface area contributed by atoms with Gasteiger partial charge in [-0.15, -0.1) is 23.5 Å². The third kappa shape index (κ3) is 3.13. The Labute approximate surface area is 208 Å². The van der Waals surface area contributed by atoms with Crippen molar-refractivity contribution in [2.75, 3.05) is 12.5 Å². The highest BCUT2D eigenvalue weighted by molar-refractivity contribution is 7.99. The van der Waals surface area contributed by atoms with Crippen molar-refractivity contribution in [2.45, 2.75) is 9.79 Å². The van der Waals surface area contributed by atoms with Crippen LogP contribution in [-0.2, 0) is 14.1 Å². The number of aromatic nitrogens is 2. The van der Waals surface area contributed by atoms with E-state index in [2.05, 4.69) is 121 Å². The first-order chi connectivity index (χ1) is 16.6. The van der Waals surface area contributed by atoms with E-state index in [1.807, 2.05) is 23.5 Å². The Kier molecular flexibility index (Phi) is 5.23. The number of para-hydroxylation sites is 2. The van der Waals surface area contributed by atoms with Gasteiger partial charge in [-0.25, -0.2) is 0 Å². The monoisotopic (exact) mass is 478 g/mol. The van der Waals surface area contributed by atoms with Gasteiger partial charge < -0.3 is 0 Å². The van der Waals surface area contributed by atoms with E-state index in [0.29, 0.717) is 0 Å². The summed E-state index contributed by atoms with van der Waals surface area (Å²) in [7, 11) is 4.35. The molecule has 0 spiro atoms. The van der Waals surface area contributed by atoms with E-state index in [-0.39, 0.29) is 0 Å². The molecule has 6 rings (SSSR count). The Morgan fingerprint density at radius 2 is 0.853 bits per heavy atom. The lowest BCUT2D eigenvalue weighted by atomic mass is 10.00. The Morgan fingerprint density at radius 1 is 0.471 bits per heavy atom. The van der Waals surface area contributed by atoms with Gasteiger partial charge in [-0.1, -0.05) is 36.4 Å². The van der Waals surface area contributed by atoms with Crippen molar-refractivity contribution in [2.24, 2.45) is 14.1 Å². The van der Waals surface area contributed by atoms with Gasteiger partial charge in [0.15, 0.2) is 0 Å². The molecule has 0 bridgehead atoms. The second-order valence-electron chi connectivity index (χ2n) is 8.68. The average molecular weight is 479 g/mol. The SMILES string of the molecule is CSc1c2ccccc2[n+](C)c2cc(-c3ccc4c(SC)c5ccccc5[n+](C)c4c3)ccc12. The summed E-state index contributed by atoms with van der Waals surface area (Å²) in [6.45, 7) is 0. The summed E-state index contributed by atoms with van der Waals surface area (Å²) >= 11 is 3.66. The highest BCUT2D eigenvalue weighted by Crippen LogP contribution is 2.36. The van der Waals surface area contributed by atoms with Crippen molar-refractivity contribution in [3.05, 3.63) is 84.9 Å². The Hall–Kier alpha value is -3.08. The fourth-order valence-corrected chi connectivity index (χ4v) is 6.84. The van der Waals surface area contributed by atoms with Crippen molar-refractivity contribution in [3.63, 3.8) is 0 Å². The Morgan fingerprint density at radius 3 is 1.26 bits per heavy atom. The molecule has 2 aromatic heterocycles. The number of benzene rings is 4. The smallest absolute Gasteiger partial charge is 0.194 e. The number of fused-ring (bicyclic) bond motifs is 4. The van der Waals surface area contributed by atoms with Gasteiger partial charge in [-0.3, -0.25) is 0 Å². The van der Waals surface area contributed by atoms with Crippen LogP contribution in [0.1, 0.15) is 0 Å². The maximum Gasteiger partial charge on any atom is 0.214 e. The van der Waals surface area contributed by atoms with Crippen LogP contribution in [0.2, 0.25) is 0 Å². The predicted octanol–water partition coefficient (Wildman–Crippen LogP) is 7.06. The van der Waals surface area contributed by atoms with E-state index < -0.39 is 0 Å². The molecule has 0 aliphatic carbocycles. The van der Waals surface area contributed by atoms with Crippen LogP contribution in [0.15, 0.2) is 94.7 Å². The summed E-state index contributed by atoms with van der Waals surface area (Å²) in [5.74, 6) is 0. The topological polar surface area (TPSA) is 7.76 Å². The second kappa shape index (κ2) is 8.30. The van der Waals surface area contributed by atoms with Gasteiger partial charge in [0.25, 0.3) is 0 Å². The zero-order valence-electron chi connectivity index (χ0n) is 19.8. The molecule has 0 N–H and O–H groups in total. The van der Waals surface area contributed by atoms with E-state index >= 15 is 0 Å². The molecule has 0 aliphatic rings. The van der Waals surface area contributed by atoms with Crippen molar-refractivity contribution in [3.8, 4) is 11.1 Å². The summed E-state index contributed by atoms with van der Waals surface area (Å²) < 4.78 is 4.66. The maximum atomic E-state index is 2.35. The number of nitrogens with zero attached hydrogens (tertiary/aromatic N) is 2. The van der Waals surface area contributed by atoms with Crippen molar-refractivity contribution < 1.29 is 9.13 Å². The lowest BCUT2D eigenvalue weighted by Gasteiger charge is -2.11. The van der Waals surface area contributed by atoms with Crippen molar-refractivity contribution in [1.82, 2.24) is 0 Å². The second-order valence-corrected chi connectivity index (χ2v) is 10.3. The molecule has 0 atom stereocenters. The number of hydrogen-bond acceptors (Lipinski definition) is 2. The van der Waals surface area contributed by atoms with Crippen molar-refractivity contribution >= 4 is 67.1 Å². The fourth-order valence-electron chi connectivity index (χ4n) is 5.27. The van der Waals surface area contributed by atoms with Crippen LogP contribution in [0.5, 0.6) is 0 Å². The molecule has 4 heteroatoms. The highest BCUT2D eigenvalue weighted by Gasteiger charge is 2.20. The maximum absolute atomic E-state index is 2.35. The molecule has 6 aromatic rings. The van der Waals surface area contributed by atoms with Crippen LogP contribution in [0, 0.1) is 0 Å². The molecule has 4 aromatic carbocycles. The largest absolute Gasteiger partial charge is 0.214 e. The van der Waals surface area contributed by atoms with Gasteiger partial charge in [0.05, 0.1) is 21.5 Å². The summed E-state index contributed by atoms with van der Waals surface area (Å²) in [4.78, 5) is 2.69. The van der Waals surface area contributed by atoms with E-state index in [4.69, 9.17) is 0 Å². The van der Waals surface area contributed by atoms with E-state index in [1.165, 1.54) is 64.5 Å². The summed E-state index contributed by atoms with van der Waals surface area (Å²) in [6, 6.07) is 31.2. The van der Waals surface area contributed by atoms with Gasteiger partial charge in [0.2, 0.25) is 22.1 Å². The molecule has 0 unspecified atom stereocenters. The normalized spacial score (nSPS) is 11.8. The molecular weight excluding hydrogens is 452 g/mol. The molecule has 0 radical (unpaired) electrons. The first kappa shape index (κ1) is 21.5. The molecule has 0 saturated heterocycles. The zero-order chi connectivity index (χ0) is 23.4. The van der Waals surface area contributed by atoms with Gasteiger partial charge in [0, 0.05) is 34.1 Å². The number of hydrogen-bond donors (Lipinski definition) is 0. The van der Waals surface area contributed by atoms with Gasteiger partial charge in [-0.05, 0) is 47.9 Å². The van der Waals surface area contributed by atoms with Crippen LogP contribution in [0.4, 0.5) is 0 Å². The van der Waals surface area contributed by atoms with Crippen LogP contribution in [-0.4, -0.2) is 12.5 Å². The molecule has 34 heavy (non-hydrogen) atoms. The molecule has 2 nitrogen and oxygen atoms in total. The first-order valence-corrected chi connectivity index (χ1v) is 13.8. The molecule has 2 heterocycles. The van der Waals surface area contributed by atoms with Crippen LogP contribution in [0.25, 0.3) is 54.7 Å². The van der Waals surface area contributed by atoms with Crippen LogP contribution in [0.3, 0.4) is 0 Å². The Bertz CT molecular complexity index is 1620. The lowest BCUT2D eigenvalue weighted by Crippen LogP contribution is -2.30. The molecular formula is C30H26N2S2+2. The summed E-state index contributed by atoms with van der Waals surface area (Å²) in [5.41, 5.74) is 7.52. The van der Waals surface area contributed by atoms with Gasteiger partial charge in [-0.2, -0.15) is 9.13 Å². The number of thioether (sulfide) groups is 2. The minimum Gasteiger partial charge on any atom is -0.194 e. The number of aryl methyl sites for hydroxylation is 2. The first-order valence-electron chi connectivity index (χ1n) is 11.4. The van der Waals surface area contributed by atoms with Crippen molar-refractivity contribution in [1.29, 1.82) is 0 Å². The minimum absolute atomic E-state index is 1.24. The van der Waals surface area contributed by atoms with Crippen LogP contribution < -0.4 is 9.13 Å². The van der Waals surface area contributed by atoms with E-state index in [9.17, 15) is 0 Å². The molecule has 0 amide bonds. The number of pyridine rings is 2. The zero-order valence-corrected chi connectivity index (χ0v) is 21.4. The third-order valence-corrected chi connectivity index (χ3v) is 8.67. The predicted molar refractivity (Wildman–Crippen MR) is 148 cm³/mol. The standard InChI is InChI=1S/C30H26N2S2/c1-31-25-11-7-5-9-21(25)29(33-3)23-15-13-19(17-27(23)31)20-14-16-24-28(18-20)32(2)26-12-8-6-10-22(26)30(24)34-4/h5-18H,1-4H3/q+2. The molecule has 0 fully saturated rings. The molecule has 0 aliphatic heterocycles.